The van der Waals surface area contributed by atoms with Crippen molar-refractivity contribution in [2.24, 2.45) is 11.8 Å². The third-order valence-corrected chi connectivity index (χ3v) is 4.78. The number of benzene rings is 1. The summed E-state index contributed by atoms with van der Waals surface area (Å²) in [6, 6.07) is 6.74. The van der Waals surface area contributed by atoms with Crippen LogP contribution in [0, 0.1) is 17.7 Å². The summed E-state index contributed by atoms with van der Waals surface area (Å²) >= 11 is 0. The van der Waals surface area contributed by atoms with Gasteiger partial charge in [0.15, 0.2) is 5.82 Å². The molecule has 2 atom stereocenters. The number of hydrogen-bond donors (Lipinski definition) is 0. The first-order valence-electron chi connectivity index (χ1n) is 8.79. The molecule has 0 radical (unpaired) electrons. The van der Waals surface area contributed by atoms with Crippen molar-refractivity contribution in [3.8, 4) is 0 Å². The van der Waals surface area contributed by atoms with Crippen molar-refractivity contribution in [2.45, 2.75) is 46.2 Å². The highest BCUT2D eigenvalue weighted by Gasteiger charge is 2.31. The molecule has 1 aliphatic heterocycles. The number of hydrogen-bond acceptors (Lipinski definition) is 4. The third kappa shape index (κ3) is 3.80. The van der Waals surface area contributed by atoms with Crippen LogP contribution in [0.5, 0.6) is 0 Å². The van der Waals surface area contributed by atoms with E-state index in [4.69, 9.17) is 0 Å². The number of halogens is 1. The molecule has 5 nitrogen and oxygen atoms in total. The van der Waals surface area contributed by atoms with Crippen molar-refractivity contribution in [3.05, 3.63) is 41.5 Å². The van der Waals surface area contributed by atoms with E-state index in [2.05, 4.69) is 41.2 Å². The van der Waals surface area contributed by atoms with Crippen LogP contribution in [0.2, 0.25) is 0 Å². The Labute approximate surface area is 142 Å². The fraction of sp³-hybridized carbons (Fsp3) is 0.611. The molecule has 6 heteroatoms. The topological polar surface area (TPSA) is 46.8 Å². The predicted octanol–water partition coefficient (Wildman–Crippen LogP) is 3.29. The standard InChI is InChI=1S/C18H26FN5/c1-13(2)17(23-10-4-5-14(3)11-23)18-20-21-22-24(18)12-15-6-8-16(19)9-7-15/h6-9,13-14,17H,4-5,10-12H2,1-3H3/t14-,17+/m0/s1. The zero-order chi connectivity index (χ0) is 17.1. The third-order valence-electron chi connectivity index (χ3n) is 4.78. The van der Waals surface area contributed by atoms with Gasteiger partial charge >= 0.3 is 0 Å². The maximum absolute atomic E-state index is 13.1. The van der Waals surface area contributed by atoms with Crippen molar-refractivity contribution >= 4 is 0 Å². The fourth-order valence-corrected chi connectivity index (χ4v) is 3.66. The molecule has 0 bridgehead atoms. The molecule has 24 heavy (non-hydrogen) atoms. The Hall–Kier alpha value is -1.82. The van der Waals surface area contributed by atoms with Crippen LogP contribution >= 0.6 is 0 Å². The summed E-state index contributed by atoms with van der Waals surface area (Å²) < 4.78 is 15.0. The maximum atomic E-state index is 13.1. The molecule has 2 aromatic rings. The Kier molecular flexibility index (Phi) is 5.23. The first-order chi connectivity index (χ1) is 11.5. The molecule has 0 unspecified atom stereocenters. The number of likely N-dealkylation sites (tertiary alicyclic amines) is 1. The Morgan fingerprint density at radius 3 is 2.67 bits per heavy atom. The largest absolute Gasteiger partial charge is 0.293 e. The van der Waals surface area contributed by atoms with Crippen LogP contribution in [-0.4, -0.2) is 38.2 Å². The highest BCUT2D eigenvalue weighted by atomic mass is 19.1. The maximum Gasteiger partial charge on any atom is 0.169 e. The molecular weight excluding hydrogens is 305 g/mol. The summed E-state index contributed by atoms with van der Waals surface area (Å²) in [6.07, 6.45) is 2.52. The summed E-state index contributed by atoms with van der Waals surface area (Å²) in [7, 11) is 0. The smallest absolute Gasteiger partial charge is 0.169 e. The van der Waals surface area contributed by atoms with Gasteiger partial charge in [0, 0.05) is 6.54 Å². The van der Waals surface area contributed by atoms with Crippen LogP contribution in [0.25, 0.3) is 0 Å². The molecule has 130 valence electrons. The lowest BCUT2D eigenvalue weighted by Crippen LogP contribution is -2.40. The van der Waals surface area contributed by atoms with Crippen LogP contribution in [-0.2, 0) is 6.54 Å². The highest BCUT2D eigenvalue weighted by molar-refractivity contribution is 5.16. The van der Waals surface area contributed by atoms with Crippen molar-refractivity contribution in [1.29, 1.82) is 0 Å². The van der Waals surface area contributed by atoms with Gasteiger partial charge in [0.1, 0.15) is 5.82 Å². The van der Waals surface area contributed by atoms with E-state index >= 15 is 0 Å². The average Bonchev–Trinajstić information content (AvgIpc) is 2.97. The molecular formula is C18H26FN5. The van der Waals surface area contributed by atoms with Crippen molar-refractivity contribution in [1.82, 2.24) is 25.1 Å². The summed E-state index contributed by atoms with van der Waals surface area (Å²) in [5.74, 6) is 1.82. The van der Waals surface area contributed by atoms with Crippen molar-refractivity contribution in [3.63, 3.8) is 0 Å². The van der Waals surface area contributed by atoms with Gasteiger partial charge in [0.25, 0.3) is 0 Å². The number of rotatable bonds is 5. The van der Waals surface area contributed by atoms with E-state index in [1.807, 2.05) is 4.68 Å². The summed E-state index contributed by atoms with van der Waals surface area (Å²) in [4.78, 5) is 2.52. The number of nitrogens with zero attached hydrogens (tertiary/aromatic N) is 5. The van der Waals surface area contributed by atoms with Gasteiger partial charge in [-0.2, -0.15) is 0 Å². The van der Waals surface area contributed by atoms with Crippen molar-refractivity contribution < 1.29 is 4.39 Å². The monoisotopic (exact) mass is 331 g/mol. The van der Waals surface area contributed by atoms with Crippen LogP contribution in [0.3, 0.4) is 0 Å². The zero-order valence-corrected chi connectivity index (χ0v) is 14.7. The summed E-state index contributed by atoms with van der Waals surface area (Å²) in [6.45, 7) is 9.50. The summed E-state index contributed by atoms with van der Waals surface area (Å²) in [5.41, 5.74) is 1.000. The fourth-order valence-electron chi connectivity index (χ4n) is 3.66. The molecule has 1 saturated heterocycles. The van der Waals surface area contributed by atoms with Gasteiger partial charge in [0.05, 0.1) is 12.6 Å². The number of aromatic nitrogens is 4. The van der Waals surface area contributed by atoms with Gasteiger partial charge in [0.2, 0.25) is 0 Å². The van der Waals surface area contributed by atoms with Gasteiger partial charge in [-0.15, -0.1) is 5.10 Å². The lowest BCUT2D eigenvalue weighted by molar-refractivity contribution is 0.0926. The van der Waals surface area contributed by atoms with Gasteiger partial charge in [-0.1, -0.05) is 32.9 Å². The Morgan fingerprint density at radius 1 is 1.25 bits per heavy atom. The first kappa shape index (κ1) is 17.0. The Balaban J connectivity index is 1.84. The van der Waals surface area contributed by atoms with Gasteiger partial charge in [-0.3, -0.25) is 4.90 Å². The van der Waals surface area contributed by atoms with E-state index in [-0.39, 0.29) is 11.9 Å². The number of tetrazole rings is 1. The van der Waals surface area contributed by atoms with E-state index in [1.165, 1.54) is 25.0 Å². The van der Waals surface area contributed by atoms with E-state index in [9.17, 15) is 4.39 Å². The average molecular weight is 331 g/mol. The molecule has 0 amide bonds. The molecule has 0 aliphatic carbocycles. The molecule has 1 aliphatic rings. The molecule has 0 saturated carbocycles. The summed E-state index contributed by atoms with van der Waals surface area (Å²) in [5, 5.41) is 12.4. The molecule has 3 rings (SSSR count). The van der Waals surface area contributed by atoms with Crippen LogP contribution in [0.4, 0.5) is 4.39 Å². The lowest BCUT2D eigenvalue weighted by Gasteiger charge is -2.38. The molecule has 0 N–H and O–H groups in total. The number of piperidine rings is 1. The minimum atomic E-state index is -0.224. The van der Waals surface area contributed by atoms with Crippen LogP contribution in [0.1, 0.15) is 51.0 Å². The second kappa shape index (κ2) is 7.38. The molecule has 1 fully saturated rings. The van der Waals surface area contributed by atoms with E-state index < -0.39 is 0 Å². The van der Waals surface area contributed by atoms with Gasteiger partial charge in [-0.25, -0.2) is 9.07 Å². The van der Waals surface area contributed by atoms with Crippen molar-refractivity contribution in [2.75, 3.05) is 13.1 Å². The normalized spacial score (nSPS) is 20.5. The first-order valence-corrected chi connectivity index (χ1v) is 8.79. The minimum absolute atomic E-state index is 0.211. The van der Waals surface area contributed by atoms with Crippen LogP contribution < -0.4 is 0 Å². The predicted molar refractivity (Wildman–Crippen MR) is 90.9 cm³/mol. The van der Waals surface area contributed by atoms with Gasteiger partial charge in [-0.05, 0) is 59.3 Å². The van der Waals surface area contributed by atoms with E-state index in [1.54, 1.807) is 12.1 Å². The van der Waals surface area contributed by atoms with Gasteiger partial charge < -0.3 is 0 Å². The molecule has 1 aromatic heterocycles. The second-order valence-electron chi connectivity index (χ2n) is 7.25. The second-order valence-corrected chi connectivity index (χ2v) is 7.25. The molecule has 1 aromatic carbocycles. The van der Waals surface area contributed by atoms with Crippen LogP contribution in [0.15, 0.2) is 24.3 Å². The highest BCUT2D eigenvalue weighted by Crippen LogP contribution is 2.31. The quantitative estimate of drug-likeness (QED) is 0.843. The SMILES string of the molecule is CC(C)[C@H](c1nnnn1Cc1ccc(F)cc1)N1CCC[C@H](C)C1. The zero-order valence-electron chi connectivity index (χ0n) is 14.7. The minimum Gasteiger partial charge on any atom is -0.293 e. The lowest BCUT2D eigenvalue weighted by atomic mass is 9.94. The Bertz CT molecular complexity index is 652. The molecule has 2 heterocycles. The Morgan fingerprint density at radius 2 is 2.00 bits per heavy atom. The molecule has 0 spiro atoms. The van der Waals surface area contributed by atoms with E-state index in [0.717, 1.165) is 24.5 Å². The van der Waals surface area contributed by atoms with E-state index in [0.29, 0.717) is 18.4 Å².